The fourth-order valence-electron chi connectivity index (χ4n) is 3.17. The van der Waals surface area contributed by atoms with Crippen molar-refractivity contribution in [2.75, 3.05) is 0 Å². The van der Waals surface area contributed by atoms with Gasteiger partial charge in [0.05, 0.1) is 0 Å². The maximum atomic E-state index is 12.2. The summed E-state index contributed by atoms with van der Waals surface area (Å²) in [5.41, 5.74) is 1.33. The number of aryl methyl sites for hydroxylation is 1. The van der Waals surface area contributed by atoms with E-state index in [9.17, 15) is 4.79 Å². The standard InChI is InChI=1S/C17H26OS/c1-2-3-4-14-5-8-16(9-6-14)17(18)10-7-15-11-12-19-13-15/h11-14,16H,2-10H2,1H3. The van der Waals surface area contributed by atoms with Crippen molar-refractivity contribution in [3.05, 3.63) is 22.4 Å². The van der Waals surface area contributed by atoms with E-state index in [1.165, 1.54) is 37.7 Å². The van der Waals surface area contributed by atoms with Gasteiger partial charge in [-0.15, -0.1) is 0 Å². The van der Waals surface area contributed by atoms with E-state index in [1.807, 2.05) is 0 Å². The van der Waals surface area contributed by atoms with Crippen LogP contribution in [0.15, 0.2) is 16.8 Å². The molecule has 1 aromatic heterocycles. The average molecular weight is 278 g/mol. The molecule has 2 rings (SSSR count). The van der Waals surface area contributed by atoms with Gasteiger partial charge in [-0.1, -0.05) is 26.2 Å². The monoisotopic (exact) mass is 278 g/mol. The molecule has 1 nitrogen and oxygen atoms in total. The number of hydrogen-bond acceptors (Lipinski definition) is 2. The summed E-state index contributed by atoms with van der Waals surface area (Å²) in [4.78, 5) is 12.2. The number of thiophene rings is 1. The zero-order valence-corrected chi connectivity index (χ0v) is 12.9. The van der Waals surface area contributed by atoms with E-state index in [2.05, 4.69) is 23.8 Å². The summed E-state index contributed by atoms with van der Waals surface area (Å²) in [5.74, 6) is 1.79. The summed E-state index contributed by atoms with van der Waals surface area (Å²) >= 11 is 1.72. The van der Waals surface area contributed by atoms with Crippen LogP contribution in [0, 0.1) is 11.8 Å². The van der Waals surface area contributed by atoms with Crippen LogP contribution in [0.1, 0.15) is 63.9 Å². The lowest BCUT2D eigenvalue weighted by atomic mass is 9.77. The molecule has 1 heterocycles. The Kier molecular flexibility index (Phi) is 6.09. The first-order valence-electron chi connectivity index (χ1n) is 7.83. The van der Waals surface area contributed by atoms with Gasteiger partial charge in [0.15, 0.2) is 0 Å². The molecular weight excluding hydrogens is 252 g/mol. The van der Waals surface area contributed by atoms with E-state index >= 15 is 0 Å². The maximum Gasteiger partial charge on any atom is 0.136 e. The minimum Gasteiger partial charge on any atom is -0.299 e. The Hall–Kier alpha value is -0.630. The normalized spacial score (nSPS) is 23.4. The first-order chi connectivity index (χ1) is 9.29. The van der Waals surface area contributed by atoms with Crippen molar-refractivity contribution in [1.82, 2.24) is 0 Å². The van der Waals surface area contributed by atoms with E-state index in [0.29, 0.717) is 11.7 Å². The second-order valence-electron chi connectivity index (χ2n) is 5.96. The van der Waals surface area contributed by atoms with Crippen molar-refractivity contribution in [2.45, 2.75) is 64.7 Å². The highest BCUT2D eigenvalue weighted by Crippen LogP contribution is 2.33. The van der Waals surface area contributed by atoms with E-state index < -0.39 is 0 Å². The number of rotatable bonds is 7. The highest BCUT2D eigenvalue weighted by Gasteiger charge is 2.25. The molecule has 0 radical (unpaired) electrons. The van der Waals surface area contributed by atoms with Crippen LogP contribution >= 0.6 is 11.3 Å². The topological polar surface area (TPSA) is 17.1 Å². The Labute approximate surface area is 121 Å². The third-order valence-electron chi connectivity index (χ3n) is 4.51. The molecule has 0 saturated heterocycles. The smallest absolute Gasteiger partial charge is 0.136 e. The van der Waals surface area contributed by atoms with Gasteiger partial charge in [-0.2, -0.15) is 11.3 Å². The van der Waals surface area contributed by atoms with Crippen molar-refractivity contribution in [2.24, 2.45) is 11.8 Å². The van der Waals surface area contributed by atoms with E-state index in [-0.39, 0.29) is 0 Å². The highest BCUT2D eigenvalue weighted by atomic mass is 32.1. The van der Waals surface area contributed by atoms with Crippen LogP contribution in [0.4, 0.5) is 0 Å². The maximum absolute atomic E-state index is 12.2. The van der Waals surface area contributed by atoms with Gasteiger partial charge in [0.2, 0.25) is 0 Å². The number of unbranched alkanes of at least 4 members (excludes halogenated alkanes) is 1. The van der Waals surface area contributed by atoms with Crippen molar-refractivity contribution >= 4 is 17.1 Å². The van der Waals surface area contributed by atoms with Gasteiger partial charge in [0, 0.05) is 12.3 Å². The van der Waals surface area contributed by atoms with Crippen molar-refractivity contribution in [3.8, 4) is 0 Å². The van der Waals surface area contributed by atoms with Crippen LogP contribution in [0.5, 0.6) is 0 Å². The summed E-state index contributed by atoms with van der Waals surface area (Å²) in [6.07, 6.45) is 10.6. The van der Waals surface area contributed by atoms with Crippen LogP contribution < -0.4 is 0 Å². The molecule has 0 atom stereocenters. The van der Waals surface area contributed by atoms with Crippen LogP contribution in [0.25, 0.3) is 0 Å². The van der Waals surface area contributed by atoms with Crippen LogP contribution in [0.3, 0.4) is 0 Å². The lowest BCUT2D eigenvalue weighted by molar-refractivity contribution is -0.124. The molecule has 1 aromatic rings. The summed E-state index contributed by atoms with van der Waals surface area (Å²) in [5, 5.41) is 4.26. The van der Waals surface area contributed by atoms with Gasteiger partial charge < -0.3 is 0 Å². The number of Topliss-reactive ketones (excluding diaryl/α,β-unsaturated/α-hetero) is 1. The molecule has 106 valence electrons. The fourth-order valence-corrected chi connectivity index (χ4v) is 3.88. The molecule has 2 heteroatoms. The quantitative estimate of drug-likeness (QED) is 0.666. The zero-order valence-electron chi connectivity index (χ0n) is 12.1. The summed E-state index contributed by atoms with van der Waals surface area (Å²) in [7, 11) is 0. The average Bonchev–Trinajstić information content (AvgIpc) is 2.96. The van der Waals surface area contributed by atoms with E-state index in [4.69, 9.17) is 0 Å². The van der Waals surface area contributed by atoms with E-state index in [0.717, 1.165) is 31.6 Å². The summed E-state index contributed by atoms with van der Waals surface area (Å²) in [6, 6.07) is 2.14. The molecule has 1 fully saturated rings. The summed E-state index contributed by atoms with van der Waals surface area (Å²) < 4.78 is 0. The Morgan fingerprint density at radius 3 is 2.74 bits per heavy atom. The van der Waals surface area contributed by atoms with Crippen LogP contribution in [0.2, 0.25) is 0 Å². The van der Waals surface area contributed by atoms with Crippen molar-refractivity contribution in [1.29, 1.82) is 0 Å². The Morgan fingerprint density at radius 1 is 1.32 bits per heavy atom. The fraction of sp³-hybridized carbons (Fsp3) is 0.706. The third-order valence-corrected chi connectivity index (χ3v) is 5.24. The zero-order chi connectivity index (χ0) is 13.5. The number of carbonyl (C=O) groups is 1. The number of ketones is 1. The van der Waals surface area contributed by atoms with Gasteiger partial charge in [-0.25, -0.2) is 0 Å². The molecule has 0 aliphatic heterocycles. The Morgan fingerprint density at radius 2 is 2.11 bits per heavy atom. The predicted molar refractivity (Wildman–Crippen MR) is 82.6 cm³/mol. The second kappa shape index (κ2) is 7.84. The Balaban J connectivity index is 1.67. The summed E-state index contributed by atoms with van der Waals surface area (Å²) in [6.45, 7) is 2.26. The van der Waals surface area contributed by atoms with Gasteiger partial charge >= 0.3 is 0 Å². The second-order valence-corrected chi connectivity index (χ2v) is 6.74. The Bertz CT molecular complexity index is 361. The lowest BCUT2D eigenvalue weighted by Crippen LogP contribution is -2.22. The molecule has 1 aliphatic carbocycles. The molecule has 0 N–H and O–H groups in total. The molecule has 0 bridgehead atoms. The molecule has 19 heavy (non-hydrogen) atoms. The predicted octanol–water partition coefficient (Wildman–Crippen LogP) is 5.25. The SMILES string of the molecule is CCCCC1CCC(C(=O)CCc2ccsc2)CC1. The third kappa shape index (κ3) is 4.76. The molecule has 1 saturated carbocycles. The van der Waals surface area contributed by atoms with Crippen LogP contribution in [-0.4, -0.2) is 5.78 Å². The largest absolute Gasteiger partial charge is 0.299 e. The van der Waals surface area contributed by atoms with E-state index in [1.54, 1.807) is 11.3 Å². The first-order valence-corrected chi connectivity index (χ1v) is 8.77. The molecule has 0 aromatic carbocycles. The molecule has 0 amide bonds. The van der Waals surface area contributed by atoms with Gasteiger partial charge in [0.25, 0.3) is 0 Å². The highest BCUT2D eigenvalue weighted by molar-refractivity contribution is 7.07. The lowest BCUT2D eigenvalue weighted by Gasteiger charge is -2.27. The van der Waals surface area contributed by atoms with Gasteiger partial charge in [-0.3, -0.25) is 4.79 Å². The minimum absolute atomic E-state index is 0.372. The minimum atomic E-state index is 0.372. The molecule has 0 unspecified atom stereocenters. The number of hydrogen-bond donors (Lipinski definition) is 0. The molecule has 0 spiro atoms. The molecule has 1 aliphatic rings. The first kappa shape index (κ1) is 14.8. The van der Waals surface area contributed by atoms with Gasteiger partial charge in [-0.05, 0) is 60.4 Å². The van der Waals surface area contributed by atoms with Crippen molar-refractivity contribution in [3.63, 3.8) is 0 Å². The van der Waals surface area contributed by atoms with Gasteiger partial charge in [0.1, 0.15) is 5.78 Å². The van der Waals surface area contributed by atoms with Crippen LogP contribution in [-0.2, 0) is 11.2 Å². The number of carbonyl (C=O) groups excluding carboxylic acids is 1. The van der Waals surface area contributed by atoms with Crippen molar-refractivity contribution < 1.29 is 4.79 Å². The molecular formula is C17H26OS.